The molecule has 0 atom stereocenters. The summed E-state index contributed by atoms with van der Waals surface area (Å²) in [4.78, 5) is 12.9. The Morgan fingerprint density at radius 1 is 1.58 bits per heavy atom. The van der Waals surface area contributed by atoms with Gasteiger partial charge < -0.3 is 4.74 Å². The molecule has 0 aromatic carbocycles. The van der Waals surface area contributed by atoms with Gasteiger partial charge >= 0.3 is 5.97 Å². The number of ether oxygens (including phenoxy) is 1. The van der Waals surface area contributed by atoms with Gasteiger partial charge in [-0.2, -0.15) is 11.8 Å². The second kappa shape index (κ2) is 7.43. The first kappa shape index (κ1) is 11.8. The number of likely N-dealkylation sites (N-methyl/N-ethyl adjacent to an activating group) is 1. The Bertz CT molecular complexity index is 130. The monoisotopic (exact) mass is 191 g/mol. The van der Waals surface area contributed by atoms with E-state index in [1.807, 2.05) is 6.92 Å². The fraction of sp³-hybridized carbons (Fsp3) is 0.875. The Labute approximate surface area is 78.5 Å². The van der Waals surface area contributed by atoms with E-state index in [0.717, 1.165) is 18.8 Å². The maximum Gasteiger partial charge on any atom is 0.319 e. The van der Waals surface area contributed by atoms with Crippen molar-refractivity contribution in [2.24, 2.45) is 0 Å². The molecule has 0 aromatic heterocycles. The molecule has 0 bridgehead atoms. The molecule has 0 saturated carbocycles. The fourth-order valence-corrected chi connectivity index (χ4v) is 1.26. The minimum atomic E-state index is -0.155. The van der Waals surface area contributed by atoms with Crippen LogP contribution in [0.4, 0.5) is 0 Å². The number of methoxy groups -OCH3 is 1. The van der Waals surface area contributed by atoms with Crippen LogP contribution in [0.5, 0.6) is 0 Å². The number of carbonyl (C=O) groups excluding carboxylic acids is 1. The Hall–Kier alpha value is -0.220. The molecule has 0 unspecified atom stereocenters. The van der Waals surface area contributed by atoms with Gasteiger partial charge in [0.1, 0.15) is 0 Å². The third-order valence-corrected chi connectivity index (χ3v) is 2.23. The maximum atomic E-state index is 10.9. The van der Waals surface area contributed by atoms with E-state index in [1.54, 1.807) is 11.8 Å². The Morgan fingerprint density at radius 2 is 2.25 bits per heavy atom. The van der Waals surface area contributed by atoms with E-state index in [-0.39, 0.29) is 5.97 Å². The molecular weight excluding hydrogens is 174 g/mol. The van der Waals surface area contributed by atoms with E-state index in [0.29, 0.717) is 6.54 Å². The average Bonchev–Trinajstić information content (AvgIpc) is 2.11. The molecule has 72 valence electrons. The van der Waals surface area contributed by atoms with Gasteiger partial charge in [0.2, 0.25) is 0 Å². The van der Waals surface area contributed by atoms with Crippen molar-refractivity contribution in [1.29, 1.82) is 0 Å². The summed E-state index contributed by atoms with van der Waals surface area (Å²) in [7, 11) is 1.42. The number of carbonyl (C=O) groups is 1. The third-order valence-electron chi connectivity index (χ3n) is 1.64. The summed E-state index contributed by atoms with van der Waals surface area (Å²) in [6.45, 7) is 4.30. The van der Waals surface area contributed by atoms with Gasteiger partial charge in [0.15, 0.2) is 0 Å². The van der Waals surface area contributed by atoms with E-state index < -0.39 is 0 Å². The van der Waals surface area contributed by atoms with E-state index in [9.17, 15) is 4.79 Å². The molecule has 0 heterocycles. The molecule has 0 N–H and O–H groups in total. The number of esters is 1. The molecule has 0 aliphatic carbocycles. The van der Waals surface area contributed by atoms with Crippen LogP contribution in [0.25, 0.3) is 0 Å². The summed E-state index contributed by atoms with van der Waals surface area (Å²) in [5.41, 5.74) is 0. The van der Waals surface area contributed by atoms with Gasteiger partial charge in [0.05, 0.1) is 13.7 Å². The molecule has 3 nitrogen and oxygen atoms in total. The predicted octanol–water partition coefficient (Wildman–Crippen LogP) is 0.844. The van der Waals surface area contributed by atoms with Crippen molar-refractivity contribution < 1.29 is 9.53 Å². The fourth-order valence-electron chi connectivity index (χ4n) is 0.816. The highest BCUT2D eigenvalue weighted by molar-refractivity contribution is 7.98. The van der Waals surface area contributed by atoms with Gasteiger partial charge in [0.25, 0.3) is 0 Å². The highest BCUT2D eigenvalue weighted by Gasteiger charge is 2.07. The molecule has 4 heteroatoms. The van der Waals surface area contributed by atoms with Crippen LogP contribution >= 0.6 is 11.8 Å². The van der Waals surface area contributed by atoms with Crippen molar-refractivity contribution in [2.75, 3.05) is 38.8 Å². The van der Waals surface area contributed by atoms with Gasteiger partial charge in [-0.15, -0.1) is 0 Å². The van der Waals surface area contributed by atoms with Crippen LogP contribution in [-0.2, 0) is 9.53 Å². The topological polar surface area (TPSA) is 29.5 Å². The van der Waals surface area contributed by atoms with Crippen molar-refractivity contribution in [2.45, 2.75) is 6.92 Å². The number of rotatable bonds is 6. The van der Waals surface area contributed by atoms with Crippen LogP contribution in [0, 0.1) is 0 Å². The summed E-state index contributed by atoms with van der Waals surface area (Å²) in [6.07, 6.45) is 2.06. The largest absolute Gasteiger partial charge is 0.468 e. The van der Waals surface area contributed by atoms with Crippen molar-refractivity contribution in [1.82, 2.24) is 4.90 Å². The normalized spacial score (nSPS) is 10.3. The van der Waals surface area contributed by atoms with Crippen molar-refractivity contribution in [3.05, 3.63) is 0 Å². The summed E-state index contributed by atoms with van der Waals surface area (Å²) < 4.78 is 4.58. The predicted molar refractivity (Wildman–Crippen MR) is 52.5 cm³/mol. The van der Waals surface area contributed by atoms with Crippen molar-refractivity contribution >= 4 is 17.7 Å². The van der Waals surface area contributed by atoms with E-state index >= 15 is 0 Å². The lowest BCUT2D eigenvalue weighted by molar-refractivity contribution is -0.141. The molecule has 12 heavy (non-hydrogen) atoms. The smallest absolute Gasteiger partial charge is 0.319 e. The second-order valence-corrected chi connectivity index (χ2v) is 3.42. The van der Waals surface area contributed by atoms with Gasteiger partial charge in [-0.1, -0.05) is 6.92 Å². The first-order chi connectivity index (χ1) is 5.74. The Kier molecular flexibility index (Phi) is 7.29. The Balaban J connectivity index is 3.59. The zero-order valence-corrected chi connectivity index (χ0v) is 8.82. The van der Waals surface area contributed by atoms with Gasteiger partial charge in [-0.25, -0.2) is 0 Å². The lowest BCUT2D eigenvalue weighted by atomic mass is 10.5. The van der Waals surface area contributed by atoms with Crippen LogP contribution in [-0.4, -0.2) is 49.6 Å². The molecule has 0 saturated heterocycles. The summed E-state index contributed by atoms with van der Waals surface area (Å²) in [6, 6.07) is 0. The lowest BCUT2D eigenvalue weighted by Gasteiger charge is -2.17. The molecule has 0 amide bonds. The zero-order chi connectivity index (χ0) is 9.40. The SMILES string of the molecule is CCN(CCSC)CC(=O)OC. The number of hydrogen-bond acceptors (Lipinski definition) is 4. The zero-order valence-electron chi connectivity index (χ0n) is 8.00. The second-order valence-electron chi connectivity index (χ2n) is 2.44. The Morgan fingerprint density at radius 3 is 2.67 bits per heavy atom. The minimum Gasteiger partial charge on any atom is -0.468 e. The average molecular weight is 191 g/mol. The standard InChI is InChI=1S/C8H17NO2S/c1-4-9(5-6-12-3)7-8(10)11-2/h4-7H2,1-3H3. The molecular formula is C8H17NO2S. The first-order valence-corrected chi connectivity index (χ1v) is 5.42. The highest BCUT2D eigenvalue weighted by atomic mass is 32.2. The van der Waals surface area contributed by atoms with Crippen LogP contribution in [0.3, 0.4) is 0 Å². The molecule has 0 aliphatic rings. The lowest BCUT2D eigenvalue weighted by Crippen LogP contribution is -2.32. The molecule has 0 rings (SSSR count). The van der Waals surface area contributed by atoms with E-state index in [4.69, 9.17) is 0 Å². The summed E-state index contributed by atoms with van der Waals surface area (Å²) in [5, 5.41) is 0. The van der Waals surface area contributed by atoms with Crippen LogP contribution in [0.2, 0.25) is 0 Å². The van der Waals surface area contributed by atoms with Crippen molar-refractivity contribution in [3.63, 3.8) is 0 Å². The molecule has 0 aliphatic heterocycles. The third kappa shape index (κ3) is 5.43. The van der Waals surface area contributed by atoms with E-state index in [2.05, 4.69) is 15.9 Å². The summed E-state index contributed by atoms with van der Waals surface area (Å²) in [5.74, 6) is 0.906. The first-order valence-electron chi connectivity index (χ1n) is 4.02. The molecule has 0 radical (unpaired) electrons. The van der Waals surface area contributed by atoms with Crippen LogP contribution < -0.4 is 0 Å². The molecule has 0 aromatic rings. The van der Waals surface area contributed by atoms with Crippen LogP contribution in [0.1, 0.15) is 6.92 Å². The number of hydrogen-bond donors (Lipinski definition) is 0. The van der Waals surface area contributed by atoms with E-state index in [1.165, 1.54) is 7.11 Å². The maximum absolute atomic E-state index is 10.9. The highest BCUT2D eigenvalue weighted by Crippen LogP contribution is 1.95. The van der Waals surface area contributed by atoms with Crippen molar-refractivity contribution in [3.8, 4) is 0 Å². The molecule has 0 spiro atoms. The summed E-state index contributed by atoms with van der Waals surface area (Å²) >= 11 is 1.79. The van der Waals surface area contributed by atoms with Crippen LogP contribution in [0.15, 0.2) is 0 Å². The quantitative estimate of drug-likeness (QED) is 0.582. The minimum absolute atomic E-state index is 0.155. The van der Waals surface area contributed by atoms with Gasteiger partial charge in [-0.05, 0) is 12.8 Å². The number of thioether (sulfide) groups is 1. The number of nitrogens with zero attached hydrogens (tertiary/aromatic N) is 1. The van der Waals surface area contributed by atoms with Gasteiger partial charge in [-0.3, -0.25) is 9.69 Å². The molecule has 0 fully saturated rings. The van der Waals surface area contributed by atoms with Gasteiger partial charge in [0, 0.05) is 12.3 Å².